The van der Waals surface area contributed by atoms with Gasteiger partial charge >= 0.3 is 0 Å². The topological polar surface area (TPSA) is 58.2 Å². The first-order chi connectivity index (χ1) is 11.1. The van der Waals surface area contributed by atoms with Crippen molar-refractivity contribution in [2.45, 2.75) is 39.3 Å². The predicted molar refractivity (Wildman–Crippen MR) is 91.5 cm³/mol. The van der Waals surface area contributed by atoms with E-state index in [1.54, 1.807) is 0 Å². The molecule has 2 aromatic rings. The van der Waals surface area contributed by atoms with Gasteiger partial charge in [-0.15, -0.1) is 0 Å². The van der Waals surface area contributed by atoms with Gasteiger partial charge in [0.1, 0.15) is 5.82 Å². The molecule has 1 N–H and O–H groups in total. The van der Waals surface area contributed by atoms with E-state index in [4.69, 9.17) is 4.74 Å². The lowest BCUT2D eigenvalue weighted by Crippen LogP contribution is -2.37. The lowest BCUT2D eigenvalue weighted by molar-refractivity contribution is -0.00624. The summed E-state index contributed by atoms with van der Waals surface area (Å²) < 4.78 is 5.92. The summed E-state index contributed by atoms with van der Waals surface area (Å²) in [7, 11) is 0. The monoisotopic (exact) mass is 315 g/mol. The molecule has 0 saturated carbocycles. The summed E-state index contributed by atoms with van der Waals surface area (Å²) in [6, 6.07) is 7.47. The highest BCUT2D eigenvalue weighted by Crippen LogP contribution is 2.16. The highest BCUT2D eigenvalue weighted by Gasteiger charge is 2.20. The molecule has 1 aromatic carbocycles. The Morgan fingerprint density at radius 2 is 2.04 bits per heavy atom. The second-order valence-electron chi connectivity index (χ2n) is 6.73. The van der Waals surface area contributed by atoms with Crippen molar-refractivity contribution in [3.8, 4) is 0 Å². The van der Waals surface area contributed by atoms with E-state index >= 15 is 0 Å². The number of para-hydroxylation sites is 1. The van der Waals surface area contributed by atoms with Crippen LogP contribution in [0.3, 0.4) is 0 Å². The fourth-order valence-corrected chi connectivity index (χ4v) is 2.98. The van der Waals surface area contributed by atoms with Crippen LogP contribution in [0.4, 0.5) is 0 Å². The molecule has 1 saturated heterocycles. The van der Waals surface area contributed by atoms with E-state index in [0.29, 0.717) is 24.0 Å². The van der Waals surface area contributed by atoms with Crippen LogP contribution in [0, 0.1) is 5.92 Å². The molecule has 0 atom stereocenters. The Morgan fingerprint density at radius 1 is 1.30 bits per heavy atom. The van der Waals surface area contributed by atoms with Gasteiger partial charge in [0.05, 0.1) is 23.6 Å². The summed E-state index contributed by atoms with van der Waals surface area (Å²) in [6.07, 6.45) is 2.46. The number of piperidine rings is 1. The molecule has 0 radical (unpaired) electrons. The number of aromatic nitrogens is 2. The summed E-state index contributed by atoms with van der Waals surface area (Å²) in [5.41, 5.74) is 0.710. The van der Waals surface area contributed by atoms with E-state index < -0.39 is 0 Å². The number of benzene rings is 1. The van der Waals surface area contributed by atoms with E-state index in [1.807, 2.05) is 24.3 Å². The molecule has 0 bridgehead atoms. The maximum absolute atomic E-state index is 12.1. The van der Waals surface area contributed by atoms with Crippen LogP contribution in [0.5, 0.6) is 0 Å². The first kappa shape index (κ1) is 16.1. The van der Waals surface area contributed by atoms with Crippen LogP contribution in [0.25, 0.3) is 10.9 Å². The number of hydrogen-bond donors (Lipinski definition) is 1. The van der Waals surface area contributed by atoms with E-state index in [2.05, 4.69) is 28.7 Å². The molecular formula is C18H25N3O2. The zero-order valence-corrected chi connectivity index (χ0v) is 13.9. The van der Waals surface area contributed by atoms with E-state index in [9.17, 15) is 4.79 Å². The third-order valence-electron chi connectivity index (χ3n) is 4.24. The van der Waals surface area contributed by atoms with Crippen LogP contribution in [-0.4, -0.2) is 40.7 Å². The van der Waals surface area contributed by atoms with Gasteiger partial charge in [-0.05, 0) is 30.9 Å². The van der Waals surface area contributed by atoms with Crippen LogP contribution in [0.1, 0.15) is 32.5 Å². The van der Waals surface area contributed by atoms with Crippen LogP contribution < -0.4 is 5.56 Å². The molecule has 0 aliphatic carbocycles. The molecule has 1 aromatic heterocycles. The summed E-state index contributed by atoms with van der Waals surface area (Å²) in [5.74, 6) is 1.33. The summed E-state index contributed by atoms with van der Waals surface area (Å²) in [6.45, 7) is 7.85. The third-order valence-corrected chi connectivity index (χ3v) is 4.24. The number of aromatic amines is 1. The van der Waals surface area contributed by atoms with Gasteiger partial charge in [-0.25, -0.2) is 4.98 Å². The largest absolute Gasteiger partial charge is 0.378 e. The summed E-state index contributed by atoms with van der Waals surface area (Å²) in [4.78, 5) is 21.9. The van der Waals surface area contributed by atoms with E-state index in [-0.39, 0.29) is 5.56 Å². The van der Waals surface area contributed by atoms with Crippen molar-refractivity contribution in [3.05, 3.63) is 40.4 Å². The molecule has 0 spiro atoms. The maximum atomic E-state index is 12.1. The normalized spacial score (nSPS) is 17.2. The Bertz CT molecular complexity index is 703. The number of rotatable bonds is 5. The molecule has 124 valence electrons. The minimum Gasteiger partial charge on any atom is -0.378 e. The Balaban J connectivity index is 1.60. The molecular weight excluding hydrogens is 290 g/mol. The van der Waals surface area contributed by atoms with Crippen molar-refractivity contribution in [2.75, 3.05) is 19.7 Å². The van der Waals surface area contributed by atoms with Gasteiger partial charge in [-0.2, -0.15) is 0 Å². The predicted octanol–water partition coefficient (Wildman–Crippen LogP) is 2.56. The summed E-state index contributed by atoms with van der Waals surface area (Å²) in [5, 5.41) is 0.650. The van der Waals surface area contributed by atoms with E-state index in [0.717, 1.165) is 43.9 Å². The van der Waals surface area contributed by atoms with Crippen molar-refractivity contribution in [1.29, 1.82) is 0 Å². The fourth-order valence-electron chi connectivity index (χ4n) is 2.98. The molecule has 5 heteroatoms. The van der Waals surface area contributed by atoms with E-state index in [1.165, 1.54) is 0 Å². The molecule has 3 rings (SSSR count). The Hall–Kier alpha value is -1.72. The van der Waals surface area contributed by atoms with Crippen LogP contribution in [-0.2, 0) is 11.3 Å². The average Bonchev–Trinajstić information content (AvgIpc) is 2.54. The minimum absolute atomic E-state index is 0.0549. The molecule has 5 nitrogen and oxygen atoms in total. The number of nitrogens with one attached hydrogen (secondary N) is 1. The second-order valence-corrected chi connectivity index (χ2v) is 6.73. The Morgan fingerprint density at radius 3 is 2.78 bits per heavy atom. The zero-order valence-electron chi connectivity index (χ0n) is 13.9. The first-order valence-electron chi connectivity index (χ1n) is 8.43. The molecule has 23 heavy (non-hydrogen) atoms. The van der Waals surface area contributed by atoms with Crippen molar-refractivity contribution in [2.24, 2.45) is 5.92 Å². The first-order valence-corrected chi connectivity index (χ1v) is 8.43. The Labute approximate surface area is 136 Å². The maximum Gasteiger partial charge on any atom is 0.258 e. The number of hydrogen-bond acceptors (Lipinski definition) is 4. The number of ether oxygens (including phenoxy) is 1. The molecule has 0 amide bonds. The van der Waals surface area contributed by atoms with Gasteiger partial charge in [0, 0.05) is 19.7 Å². The quantitative estimate of drug-likeness (QED) is 0.921. The molecule has 0 unspecified atom stereocenters. The van der Waals surface area contributed by atoms with Gasteiger partial charge in [-0.1, -0.05) is 26.0 Å². The lowest BCUT2D eigenvalue weighted by atomic mass is 10.1. The van der Waals surface area contributed by atoms with Crippen molar-refractivity contribution >= 4 is 10.9 Å². The minimum atomic E-state index is -0.0549. The van der Waals surface area contributed by atoms with Crippen LogP contribution in [0.2, 0.25) is 0 Å². The van der Waals surface area contributed by atoms with Crippen LogP contribution in [0.15, 0.2) is 29.1 Å². The third kappa shape index (κ3) is 4.18. The molecule has 1 aliphatic heterocycles. The van der Waals surface area contributed by atoms with Gasteiger partial charge in [0.25, 0.3) is 5.56 Å². The standard InChI is InChI=1S/C18H25N3O2/c1-13(2)12-23-14-7-9-21(10-8-14)11-17-19-16-6-4-3-5-15(16)18(22)20-17/h3-6,13-14H,7-12H2,1-2H3,(H,19,20,22). The van der Waals surface area contributed by atoms with Gasteiger partial charge in [0.2, 0.25) is 0 Å². The lowest BCUT2D eigenvalue weighted by Gasteiger charge is -2.31. The number of likely N-dealkylation sites (tertiary alicyclic amines) is 1. The highest BCUT2D eigenvalue weighted by molar-refractivity contribution is 5.77. The van der Waals surface area contributed by atoms with Gasteiger partial charge in [-0.3, -0.25) is 9.69 Å². The molecule has 1 fully saturated rings. The van der Waals surface area contributed by atoms with Gasteiger partial charge < -0.3 is 9.72 Å². The number of fused-ring (bicyclic) bond motifs is 1. The number of H-pyrrole nitrogens is 1. The fraction of sp³-hybridized carbons (Fsp3) is 0.556. The Kier molecular flexibility index (Phi) is 5.08. The van der Waals surface area contributed by atoms with Gasteiger partial charge in [0.15, 0.2) is 0 Å². The van der Waals surface area contributed by atoms with Crippen molar-refractivity contribution in [3.63, 3.8) is 0 Å². The van der Waals surface area contributed by atoms with Crippen molar-refractivity contribution < 1.29 is 4.74 Å². The number of nitrogens with zero attached hydrogens (tertiary/aromatic N) is 2. The summed E-state index contributed by atoms with van der Waals surface area (Å²) >= 11 is 0. The average molecular weight is 315 g/mol. The highest BCUT2D eigenvalue weighted by atomic mass is 16.5. The molecule has 2 heterocycles. The second kappa shape index (κ2) is 7.23. The SMILES string of the molecule is CC(C)COC1CCN(Cc2nc3ccccc3c(=O)[nH]2)CC1. The smallest absolute Gasteiger partial charge is 0.258 e. The molecule has 1 aliphatic rings. The zero-order chi connectivity index (χ0) is 16.2. The van der Waals surface area contributed by atoms with Crippen LogP contribution >= 0.6 is 0 Å². The van der Waals surface area contributed by atoms with Crippen molar-refractivity contribution in [1.82, 2.24) is 14.9 Å².